The summed E-state index contributed by atoms with van der Waals surface area (Å²) in [6.07, 6.45) is 0.126. The molecule has 1 aliphatic heterocycles. The third kappa shape index (κ3) is 1.90. The molecule has 0 bridgehead atoms. The molecule has 0 radical (unpaired) electrons. The van der Waals surface area contributed by atoms with Gasteiger partial charge in [-0.3, -0.25) is 4.79 Å². The molecule has 1 amide bonds. The van der Waals surface area contributed by atoms with Crippen LogP contribution in [-0.2, 0) is 4.79 Å². The van der Waals surface area contributed by atoms with E-state index in [0.29, 0.717) is 27.9 Å². The first-order chi connectivity index (χ1) is 7.11. The number of amides is 1. The quantitative estimate of drug-likeness (QED) is 0.826. The molecule has 1 aromatic carbocycles. The molecule has 0 saturated heterocycles. The molecule has 1 aromatic rings. The Balaban J connectivity index is 2.45. The molecular formula is C10H9Cl2NO2. The number of hydrogen-bond donors (Lipinski definition) is 1. The molecule has 1 atom stereocenters. The van der Waals surface area contributed by atoms with Crippen LogP contribution in [0.4, 0.5) is 5.69 Å². The summed E-state index contributed by atoms with van der Waals surface area (Å²) in [5.41, 5.74) is 0.530. The Morgan fingerprint density at radius 2 is 2.20 bits per heavy atom. The molecule has 80 valence electrons. The van der Waals surface area contributed by atoms with Crippen molar-refractivity contribution in [2.45, 2.75) is 19.4 Å². The first-order valence-electron chi connectivity index (χ1n) is 4.58. The largest absolute Gasteiger partial charge is 0.477 e. The monoisotopic (exact) mass is 245 g/mol. The van der Waals surface area contributed by atoms with Crippen LogP contribution in [0.15, 0.2) is 12.1 Å². The lowest BCUT2D eigenvalue weighted by Crippen LogP contribution is -2.36. The van der Waals surface area contributed by atoms with Gasteiger partial charge in [0, 0.05) is 5.02 Å². The van der Waals surface area contributed by atoms with Crippen LogP contribution in [-0.4, -0.2) is 12.0 Å². The summed E-state index contributed by atoms with van der Waals surface area (Å²) in [5, 5.41) is 3.59. The van der Waals surface area contributed by atoms with Crippen molar-refractivity contribution in [1.82, 2.24) is 0 Å². The molecule has 0 fully saturated rings. The van der Waals surface area contributed by atoms with Gasteiger partial charge in [0.25, 0.3) is 5.91 Å². The summed E-state index contributed by atoms with van der Waals surface area (Å²) in [5.74, 6) is 0.329. The average molecular weight is 246 g/mol. The highest BCUT2D eigenvalue weighted by Gasteiger charge is 2.27. The van der Waals surface area contributed by atoms with Crippen molar-refractivity contribution >= 4 is 34.8 Å². The minimum absolute atomic E-state index is 0.164. The Kier molecular flexibility index (Phi) is 2.76. The maximum atomic E-state index is 11.5. The molecule has 0 aromatic heterocycles. The second-order valence-corrected chi connectivity index (χ2v) is 4.11. The van der Waals surface area contributed by atoms with E-state index in [4.69, 9.17) is 27.9 Å². The summed E-state index contributed by atoms with van der Waals surface area (Å²) in [7, 11) is 0. The van der Waals surface area contributed by atoms with E-state index in [1.165, 1.54) is 0 Å². The first kappa shape index (κ1) is 10.6. The van der Waals surface area contributed by atoms with Crippen molar-refractivity contribution in [1.29, 1.82) is 0 Å². The maximum absolute atomic E-state index is 11.5. The summed E-state index contributed by atoms with van der Waals surface area (Å²) in [6.45, 7) is 1.87. The van der Waals surface area contributed by atoms with Crippen LogP contribution in [0.2, 0.25) is 10.0 Å². The predicted molar refractivity (Wildman–Crippen MR) is 59.8 cm³/mol. The Morgan fingerprint density at radius 1 is 1.47 bits per heavy atom. The van der Waals surface area contributed by atoms with Crippen LogP contribution < -0.4 is 10.1 Å². The van der Waals surface area contributed by atoms with E-state index in [9.17, 15) is 4.79 Å². The minimum atomic E-state index is -0.476. The Bertz CT molecular complexity index is 420. The van der Waals surface area contributed by atoms with Crippen molar-refractivity contribution in [2.75, 3.05) is 5.32 Å². The van der Waals surface area contributed by atoms with Crippen molar-refractivity contribution in [2.24, 2.45) is 0 Å². The third-order valence-corrected chi connectivity index (χ3v) is 2.69. The van der Waals surface area contributed by atoms with Crippen LogP contribution in [0.1, 0.15) is 13.3 Å². The van der Waals surface area contributed by atoms with Crippen LogP contribution in [0.25, 0.3) is 0 Å². The van der Waals surface area contributed by atoms with Crippen LogP contribution in [0.5, 0.6) is 5.75 Å². The number of ether oxygens (including phenoxy) is 1. The molecule has 3 nitrogen and oxygen atoms in total. The lowest BCUT2D eigenvalue weighted by atomic mass is 10.2. The van der Waals surface area contributed by atoms with Gasteiger partial charge in [-0.2, -0.15) is 0 Å². The topological polar surface area (TPSA) is 38.3 Å². The molecule has 1 N–H and O–H groups in total. The van der Waals surface area contributed by atoms with Gasteiger partial charge in [0.1, 0.15) is 0 Å². The Hall–Kier alpha value is -0.930. The van der Waals surface area contributed by atoms with E-state index in [-0.39, 0.29) is 5.91 Å². The van der Waals surface area contributed by atoms with Crippen LogP contribution >= 0.6 is 23.2 Å². The van der Waals surface area contributed by atoms with E-state index in [0.717, 1.165) is 0 Å². The predicted octanol–water partition coefficient (Wildman–Crippen LogP) is 3.10. The summed E-state index contributed by atoms with van der Waals surface area (Å²) < 4.78 is 5.48. The molecule has 1 unspecified atom stereocenters. The number of benzene rings is 1. The Morgan fingerprint density at radius 3 is 2.87 bits per heavy atom. The third-order valence-electron chi connectivity index (χ3n) is 2.19. The van der Waals surface area contributed by atoms with Crippen molar-refractivity contribution < 1.29 is 9.53 Å². The van der Waals surface area contributed by atoms with E-state index in [1.807, 2.05) is 6.92 Å². The zero-order chi connectivity index (χ0) is 11.0. The fourth-order valence-corrected chi connectivity index (χ4v) is 1.99. The fourth-order valence-electron chi connectivity index (χ4n) is 1.45. The van der Waals surface area contributed by atoms with Gasteiger partial charge in [-0.15, -0.1) is 0 Å². The van der Waals surface area contributed by atoms with E-state index >= 15 is 0 Å². The molecule has 0 aliphatic carbocycles. The number of carbonyl (C=O) groups is 1. The van der Waals surface area contributed by atoms with Gasteiger partial charge in [0.2, 0.25) is 0 Å². The smallest absolute Gasteiger partial charge is 0.265 e. The number of fused-ring (bicyclic) bond motifs is 1. The number of hydrogen-bond acceptors (Lipinski definition) is 2. The molecular weight excluding hydrogens is 237 g/mol. The van der Waals surface area contributed by atoms with E-state index < -0.39 is 6.10 Å². The summed E-state index contributed by atoms with van der Waals surface area (Å²) in [4.78, 5) is 11.5. The van der Waals surface area contributed by atoms with Crippen LogP contribution in [0.3, 0.4) is 0 Å². The second-order valence-electron chi connectivity index (χ2n) is 3.27. The number of carbonyl (C=O) groups excluding carboxylic acids is 1. The lowest BCUT2D eigenvalue weighted by molar-refractivity contribution is -0.123. The SMILES string of the molecule is CCC1Oc2c(Cl)cc(Cl)cc2NC1=O. The van der Waals surface area contributed by atoms with Crippen molar-refractivity contribution in [3.05, 3.63) is 22.2 Å². The highest BCUT2D eigenvalue weighted by Crippen LogP contribution is 2.39. The minimum Gasteiger partial charge on any atom is -0.477 e. The zero-order valence-corrected chi connectivity index (χ0v) is 9.52. The highest BCUT2D eigenvalue weighted by molar-refractivity contribution is 6.36. The number of halogens is 2. The molecule has 15 heavy (non-hydrogen) atoms. The van der Waals surface area contributed by atoms with Crippen molar-refractivity contribution in [3.63, 3.8) is 0 Å². The van der Waals surface area contributed by atoms with Crippen molar-refractivity contribution in [3.8, 4) is 5.75 Å². The normalized spacial score (nSPS) is 19.1. The molecule has 1 heterocycles. The standard InChI is InChI=1S/C10H9Cl2NO2/c1-2-8-10(14)13-7-4-5(11)3-6(12)9(7)15-8/h3-4,8H,2H2,1H3,(H,13,14). The number of nitrogens with one attached hydrogen (secondary N) is 1. The Labute approximate surface area is 97.3 Å². The lowest BCUT2D eigenvalue weighted by Gasteiger charge is -2.25. The van der Waals surface area contributed by atoms with Crippen LogP contribution in [0, 0.1) is 0 Å². The average Bonchev–Trinajstić information content (AvgIpc) is 2.16. The molecule has 5 heteroatoms. The van der Waals surface area contributed by atoms with Gasteiger partial charge in [0.15, 0.2) is 11.9 Å². The van der Waals surface area contributed by atoms with Gasteiger partial charge < -0.3 is 10.1 Å². The van der Waals surface area contributed by atoms with E-state index in [1.54, 1.807) is 12.1 Å². The molecule has 0 saturated carbocycles. The van der Waals surface area contributed by atoms with Gasteiger partial charge in [0.05, 0.1) is 10.7 Å². The maximum Gasteiger partial charge on any atom is 0.265 e. The fraction of sp³-hybridized carbons (Fsp3) is 0.300. The number of anilines is 1. The van der Waals surface area contributed by atoms with Gasteiger partial charge in [-0.25, -0.2) is 0 Å². The summed E-state index contributed by atoms with van der Waals surface area (Å²) in [6, 6.07) is 3.21. The first-order valence-corrected chi connectivity index (χ1v) is 5.34. The number of rotatable bonds is 1. The summed E-state index contributed by atoms with van der Waals surface area (Å²) >= 11 is 11.8. The molecule has 2 rings (SSSR count). The van der Waals surface area contributed by atoms with E-state index in [2.05, 4.69) is 5.32 Å². The second kappa shape index (κ2) is 3.91. The van der Waals surface area contributed by atoms with Gasteiger partial charge in [-0.05, 0) is 18.6 Å². The highest BCUT2D eigenvalue weighted by atomic mass is 35.5. The zero-order valence-electron chi connectivity index (χ0n) is 8.01. The van der Waals surface area contributed by atoms with Gasteiger partial charge >= 0.3 is 0 Å². The molecule has 0 spiro atoms. The molecule has 1 aliphatic rings. The van der Waals surface area contributed by atoms with Gasteiger partial charge in [-0.1, -0.05) is 30.1 Å².